The molecule has 3 aliphatic carbocycles. The number of halogens is 1. The maximum Gasteiger partial charge on any atom is 0.246 e. The van der Waals surface area contributed by atoms with Crippen molar-refractivity contribution in [3.8, 4) is 11.5 Å². The summed E-state index contributed by atoms with van der Waals surface area (Å²) in [4.78, 5) is 17.8. The summed E-state index contributed by atoms with van der Waals surface area (Å²) in [5.41, 5.74) is 3.12. The van der Waals surface area contributed by atoms with Gasteiger partial charge in [-0.15, -0.1) is 12.4 Å². The van der Waals surface area contributed by atoms with Gasteiger partial charge >= 0.3 is 0 Å². The quantitative estimate of drug-likeness (QED) is 0.622. The van der Waals surface area contributed by atoms with Gasteiger partial charge in [-0.3, -0.25) is 9.69 Å². The molecule has 6 nitrogen and oxygen atoms in total. The number of furan rings is 1. The molecule has 35 heavy (non-hydrogen) atoms. The molecule has 5 atom stereocenters. The lowest BCUT2D eigenvalue weighted by Gasteiger charge is -2.60. The summed E-state index contributed by atoms with van der Waals surface area (Å²) in [6, 6.07) is 6.06. The van der Waals surface area contributed by atoms with Crippen LogP contribution in [0.3, 0.4) is 0 Å². The Morgan fingerprint density at radius 2 is 2.11 bits per heavy atom. The molecular weight excluding hydrogens is 464 g/mol. The number of nitrogens with zero attached hydrogens (tertiary/aromatic N) is 2. The average Bonchev–Trinajstić information content (AvgIpc) is 3.38. The predicted molar refractivity (Wildman–Crippen MR) is 135 cm³/mol. The highest BCUT2D eigenvalue weighted by atomic mass is 35.5. The molecule has 1 aromatic heterocycles. The fourth-order valence-electron chi connectivity index (χ4n) is 7.68. The van der Waals surface area contributed by atoms with Crippen LogP contribution in [0.2, 0.25) is 0 Å². The van der Waals surface area contributed by atoms with Gasteiger partial charge in [-0.2, -0.15) is 0 Å². The van der Waals surface area contributed by atoms with E-state index in [-0.39, 0.29) is 35.9 Å². The van der Waals surface area contributed by atoms with Gasteiger partial charge in [0.15, 0.2) is 0 Å². The topological polar surface area (TPSA) is 66.2 Å². The van der Waals surface area contributed by atoms with E-state index in [1.54, 1.807) is 30.7 Å². The number of rotatable bonds is 5. The Morgan fingerprint density at radius 3 is 2.89 bits per heavy atom. The van der Waals surface area contributed by atoms with Crippen LogP contribution in [0, 0.1) is 11.8 Å². The third-order valence-corrected chi connectivity index (χ3v) is 9.42. The van der Waals surface area contributed by atoms with Crippen molar-refractivity contribution in [2.75, 3.05) is 20.1 Å². The van der Waals surface area contributed by atoms with Gasteiger partial charge in [0.05, 0.1) is 18.6 Å². The summed E-state index contributed by atoms with van der Waals surface area (Å²) in [7, 11) is 1.91. The van der Waals surface area contributed by atoms with E-state index in [4.69, 9.17) is 9.15 Å². The van der Waals surface area contributed by atoms with Crippen molar-refractivity contribution < 1.29 is 19.1 Å². The molecule has 3 fully saturated rings. The normalized spacial score (nSPS) is 32.6. The van der Waals surface area contributed by atoms with E-state index in [1.807, 2.05) is 24.1 Å². The Bertz CT molecular complexity index is 1160. The third-order valence-electron chi connectivity index (χ3n) is 9.42. The number of amides is 1. The number of ether oxygens (including phenoxy) is 1. The number of piperidine rings is 1. The zero-order chi connectivity index (χ0) is 23.0. The summed E-state index contributed by atoms with van der Waals surface area (Å²) in [6.45, 7) is 2.27. The van der Waals surface area contributed by atoms with Crippen LogP contribution >= 0.6 is 12.4 Å². The predicted octanol–water partition coefficient (Wildman–Crippen LogP) is 4.40. The molecule has 186 valence electrons. The van der Waals surface area contributed by atoms with Gasteiger partial charge in [-0.1, -0.05) is 0 Å². The number of carbonyl (C=O) groups excluding carboxylic acids is 1. The van der Waals surface area contributed by atoms with Crippen LogP contribution in [0.5, 0.6) is 11.5 Å². The van der Waals surface area contributed by atoms with Crippen molar-refractivity contribution in [1.82, 2.24) is 9.80 Å². The Hall–Kier alpha value is -2.44. The minimum atomic E-state index is -0.113. The average molecular weight is 497 g/mol. The van der Waals surface area contributed by atoms with E-state index in [2.05, 4.69) is 4.90 Å². The first-order valence-corrected chi connectivity index (χ1v) is 12.8. The third kappa shape index (κ3) is 3.36. The van der Waals surface area contributed by atoms with E-state index in [1.165, 1.54) is 24.9 Å². The highest BCUT2D eigenvalue weighted by Gasteiger charge is 2.66. The van der Waals surface area contributed by atoms with Crippen LogP contribution in [0.4, 0.5) is 0 Å². The number of phenols is 1. The fraction of sp³-hybridized carbons (Fsp3) is 0.536. The second-order valence-corrected chi connectivity index (χ2v) is 11.1. The Balaban J connectivity index is 0.00000229. The van der Waals surface area contributed by atoms with Crippen LogP contribution in [-0.4, -0.2) is 59.1 Å². The van der Waals surface area contributed by atoms with Gasteiger partial charge in [0.2, 0.25) is 5.91 Å². The molecule has 7 heteroatoms. The first-order valence-electron chi connectivity index (χ1n) is 12.8. The Kier molecular flexibility index (Phi) is 5.46. The fourth-order valence-corrected chi connectivity index (χ4v) is 7.68. The van der Waals surface area contributed by atoms with Gasteiger partial charge in [0, 0.05) is 47.8 Å². The smallest absolute Gasteiger partial charge is 0.246 e. The van der Waals surface area contributed by atoms with Gasteiger partial charge in [0.1, 0.15) is 17.6 Å². The Labute approximate surface area is 212 Å². The van der Waals surface area contributed by atoms with Crippen molar-refractivity contribution in [3.63, 3.8) is 0 Å². The molecule has 1 amide bonds. The number of aromatic hydroxyl groups is 1. The van der Waals surface area contributed by atoms with E-state index < -0.39 is 0 Å². The lowest BCUT2D eigenvalue weighted by atomic mass is 9.51. The zero-order valence-corrected chi connectivity index (χ0v) is 20.9. The standard InChI is InChI=1S/C28H32N2O4.ClH/c1-29(25(32)9-4-18-10-13-33-16-18)21-6-5-20-22-14-19-23(31)7-8-24-26(19)28(20,27(21)34-24)11-12-30(22)15-17-2-3-17;/h4,7-10,13,16-17,20-22,27,31H,2-3,5-6,11-12,14-15H2,1H3;1H/b9-4+;/t20-,21+,22+,27-,28-;/m0./s1. The van der Waals surface area contributed by atoms with E-state index in [9.17, 15) is 9.90 Å². The minimum absolute atomic E-state index is 0. The number of likely N-dealkylation sites (N-methyl/N-ethyl adjacent to an activating group) is 1. The SMILES string of the molecule is CN(C(=O)/C=C/c1ccoc1)[C@@H]1CC[C@H]2[C@H]3Cc4c(O)ccc5c4[C@@]2(CCN3CC2CC2)[C@H]1O5.Cl. The molecular formula is C28H33ClN2O4. The van der Waals surface area contributed by atoms with Crippen LogP contribution < -0.4 is 4.74 Å². The van der Waals surface area contributed by atoms with Crippen molar-refractivity contribution in [2.24, 2.45) is 11.8 Å². The molecule has 1 aromatic carbocycles. The van der Waals surface area contributed by atoms with Crippen molar-refractivity contribution in [2.45, 2.75) is 62.1 Å². The molecule has 2 aliphatic heterocycles. The summed E-state index contributed by atoms with van der Waals surface area (Å²) < 4.78 is 11.8. The minimum Gasteiger partial charge on any atom is -0.508 e. The van der Waals surface area contributed by atoms with Crippen LogP contribution in [0.25, 0.3) is 6.08 Å². The zero-order valence-electron chi connectivity index (χ0n) is 20.1. The summed E-state index contributed by atoms with van der Waals surface area (Å²) in [5.74, 6) is 2.70. The van der Waals surface area contributed by atoms with E-state index in [0.717, 1.165) is 55.0 Å². The number of hydrogen-bond donors (Lipinski definition) is 1. The molecule has 5 aliphatic rings. The number of carbonyl (C=O) groups is 1. The van der Waals surface area contributed by atoms with Crippen LogP contribution in [-0.2, 0) is 16.6 Å². The highest BCUT2D eigenvalue weighted by molar-refractivity contribution is 5.91. The molecule has 3 heterocycles. The highest BCUT2D eigenvalue weighted by Crippen LogP contribution is 2.63. The van der Waals surface area contributed by atoms with Crippen molar-refractivity contribution >= 4 is 24.4 Å². The second-order valence-electron chi connectivity index (χ2n) is 11.1. The maximum absolute atomic E-state index is 13.2. The molecule has 1 N–H and O–H groups in total. The largest absolute Gasteiger partial charge is 0.508 e. The molecule has 1 saturated heterocycles. The van der Waals surface area contributed by atoms with Gasteiger partial charge in [0.25, 0.3) is 0 Å². The van der Waals surface area contributed by atoms with E-state index >= 15 is 0 Å². The summed E-state index contributed by atoms with van der Waals surface area (Å²) in [5, 5.41) is 10.9. The van der Waals surface area contributed by atoms with Gasteiger partial charge in [-0.05, 0) is 81.2 Å². The molecule has 2 bridgehead atoms. The lowest BCUT2D eigenvalue weighted by Crippen LogP contribution is -2.69. The molecule has 2 saturated carbocycles. The van der Waals surface area contributed by atoms with Crippen LogP contribution in [0.1, 0.15) is 48.8 Å². The number of hydrogen-bond acceptors (Lipinski definition) is 5. The first kappa shape index (κ1) is 23.0. The molecule has 0 unspecified atom stereocenters. The maximum atomic E-state index is 13.2. The lowest BCUT2D eigenvalue weighted by molar-refractivity contribution is -0.135. The number of phenolic OH excluding ortho intramolecular Hbond substituents is 1. The Morgan fingerprint density at radius 1 is 1.26 bits per heavy atom. The monoisotopic (exact) mass is 496 g/mol. The van der Waals surface area contributed by atoms with Gasteiger partial charge < -0.3 is 19.2 Å². The molecule has 2 aromatic rings. The van der Waals surface area contributed by atoms with Crippen LogP contribution in [0.15, 0.2) is 41.2 Å². The first-order chi connectivity index (χ1) is 16.6. The molecule has 1 spiro atoms. The van der Waals surface area contributed by atoms with Crippen molar-refractivity contribution in [1.29, 1.82) is 0 Å². The number of benzene rings is 1. The van der Waals surface area contributed by atoms with Gasteiger partial charge in [-0.25, -0.2) is 0 Å². The van der Waals surface area contributed by atoms with Crippen molar-refractivity contribution in [3.05, 3.63) is 53.5 Å². The summed E-state index contributed by atoms with van der Waals surface area (Å²) in [6.07, 6.45) is 13.3. The number of likely N-dealkylation sites (tertiary alicyclic amines) is 1. The summed E-state index contributed by atoms with van der Waals surface area (Å²) >= 11 is 0. The molecule has 7 rings (SSSR count). The molecule has 0 radical (unpaired) electrons. The van der Waals surface area contributed by atoms with E-state index in [0.29, 0.717) is 17.7 Å². The second kappa shape index (κ2) is 8.31.